The van der Waals surface area contributed by atoms with E-state index in [1.54, 1.807) is 0 Å². The van der Waals surface area contributed by atoms with Gasteiger partial charge in [-0.2, -0.15) is 0 Å². The molecule has 0 rings (SSSR count). The van der Waals surface area contributed by atoms with E-state index in [0.717, 1.165) is 12.3 Å². The van der Waals surface area contributed by atoms with Gasteiger partial charge < -0.3 is 5.73 Å². The highest BCUT2D eigenvalue weighted by atomic mass is 15.1. The quantitative estimate of drug-likeness (QED) is 0.508. The Hall–Kier alpha value is -0.340. The third kappa shape index (κ3) is 7.10. The lowest BCUT2D eigenvalue weighted by atomic mass is 10.0. The van der Waals surface area contributed by atoms with Gasteiger partial charge in [0.15, 0.2) is 0 Å². The van der Waals surface area contributed by atoms with Gasteiger partial charge in [-0.3, -0.25) is 5.32 Å². The summed E-state index contributed by atoms with van der Waals surface area (Å²) >= 11 is 0. The third-order valence-electron chi connectivity index (χ3n) is 2.30. The molecule has 0 aliphatic rings. The summed E-state index contributed by atoms with van der Waals surface area (Å²) in [4.78, 5) is 0. The van der Waals surface area contributed by atoms with Crippen LogP contribution in [0.4, 0.5) is 0 Å². The maximum atomic E-state index is 6.05. The molecule has 0 spiro atoms. The van der Waals surface area contributed by atoms with Gasteiger partial charge in [-0.25, -0.2) is 0 Å². The Bertz CT molecular complexity index is 171. The second kappa shape index (κ2) is 6.20. The minimum atomic E-state index is -0.373. The Morgan fingerprint density at radius 1 is 1.36 bits per heavy atom. The molecule has 14 heavy (non-hydrogen) atoms. The lowest BCUT2D eigenvalue weighted by Crippen LogP contribution is -2.51. The predicted octanol–water partition coefficient (Wildman–Crippen LogP) is 2.65. The van der Waals surface area contributed by atoms with Crippen LogP contribution < -0.4 is 11.1 Å². The van der Waals surface area contributed by atoms with Crippen molar-refractivity contribution in [2.45, 2.75) is 59.2 Å². The van der Waals surface area contributed by atoms with Crippen molar-refractivity contribution in [2.75, 3.05) is 0 Å². The van der Waals surface area contributed by atoms with E-state index in [4.69, 9.17) is 5.73 Å². The van der Waals surface area contributed by atoms with Gasteiger partial charge in [0.1, 0.15) is 0 Å². The molecule has 84 valence electrons. The zero-order chi connectivity index (χ0) is 11.2. The summed E-state index contributed by atoms with van der Waals surface area (Å²) in [6, 6.07) is 0.415. The molecule has 0 bridgehead atoms. The first-order valence-corrected chi connectivity index (χ1v) is 5.61. The van der Waals surface area contributed by atoms with E-state index in [2.05, 4.69) is 45.2 Å². The molecule has 3 N–H and O–H groups in total. The van der Waals surface area contributed by atoms with Crippen molar-refractivity contribution in [3.05, 3.63) is 12.2 Å². The molecule has 0 radical (unpaired) electrons. The van der Waals surface area contributed by atoms with Crippen LogP contribution in [0.3, 0.4) is 0 Å². The zero-order valence-corrected chi connectivity index (χ0v) is 10.3. The number of hydrogen-bond donors (Lipinski definition) is 2. The molecular weight excluding hydrogens is 172 g/mol. The van der Waals surface area contributed by atoms with Gasteiger partial charge in [0, 0.05) is 6.04 Å². The van der Waals surface area contributed by atoms with Gasteiger partial charge in [0.25, 0.3) is 0 Å². The Balaban J connectivity index is 3.94. The van der Waals surface area contributed by atoms with Crippen LogP contribution in [0.2, 0.25) is 0 Å². The minimum Gasteiger partial charge on any atom is -0.310 e. The summed E-state index contributed by atoms with van der Waals surface area (Å²) in [5.74, 6) is 0.751. The van der Waals surface area contributed by atoms with E-state index in [9.17, 15) is 0 Å². The average molecular weight is 198 g/mol. The number of nitrogens with one attached hydrogen (secondary N) is 1. The molecule has 1 unspecified atom stereocenters. The maximum Gasteiger partial charge on any atom is 0.0826 e. The lowest BCUT2D eigenvalue weighted by molar-refractivity contribution is 0.407. The van der Waals surface area contributed by atoms with Crippen LogP contribution in [-0.4, -0.2) is 11.7 Å². The standard InChI is InChI=1S/C12H26N2/c1-6-11(4)8-7-9-12(5,13)14-10(2)3/h7,9-11,14H,6,8,13H2,1-5H3/b9-7-/t11-,12?/m0/s1. The Kier molecular flexibility index (Phi) is 6.05. The van der Waals surface area contributed by atoms with Gasteiger partial charge >= 0.3 is 0 Å². The molecule has 2 nitrogen and oxygen atoms in total. The average Bonchev–Trinajstić information content (AvgIpc) is 2.01. The first-order chi connectivity index (χ1) is 6.37. The van der Waals surface area contributed by atoms with Gasteiger partial charge in [0.2, 0.25) is 0 Å². The second-order valence-corrected chi connectivity index (χ2v) is 4.73. The van der Waals surface area contributed by atoms with Crippen LogP contribution in [0.25, 0.3) is 0 Å². The van der Waals surface area contributed by atoms with Crippen molar-refractivity contribution in [3.8, 4) is 0 Å². The molecule has 0 aliphatic heterocycles. The van der Waals surface area contributed by atoms with Crippen molar-refractivity contribution in [1.82, 2.24) is 5.32 Å². The Morgan fingerprint density at radius 3 is 2.36 bits per heavy atom. The monoisotopic (exact) mass is 198 g/mol. The van der Waals surface area contributed by atoms with Gasteiger partial charge in [-0.1, -0.05) is 32.4 Å². The second-order valence-electron chi connectivity index (χ2n) is 4.73. The van der Waals surface area contributed by atoms with Gasteiger partial charge in [-0.15, -0.1) is 0 Å². The fourth-order valence-electron chi connectivity index (χ4n) is 1.38. The minimum absolute atomic E-state index is 0.373. The Labute approximate surface area is 89.0 Å². The molecule has 0 aromatic carbocycles. The number of allylic oxidation sites excluding steroid dienone is 1. The molecule has 0 saturated carbocycles. The molecule has 0 aromatic rings. The van der Waals surface area contributed by atoms with Crippen molar-refractivity contribution >= 4 is 0 Å². The van der Waals surface area contributed by atoms with E-state index >= 15 is 0 Å². The zero-order valence-electron chi connectivity index (χ0n) is 10.3. The molecular formula is C12H26N2. The van der Waals surface area contributed by atoms with E-state index < -0.39 is 0 Å². The van der Waals surface area contributed by atoms with Gasteiger partial charge in [-0.05, 0) is 33.1 Å². The lowest BCUT2D eigenvalue weighted by Gasteiger charge is -2.25. The molecule has 0 aliphatic carbocycles. The number of hydrogen-bond acceptors (Lipinski definition) is 2. The highest BCUT2D eigenvalue weighted by molar-refractivity contribution is 5.00. The van der Waals surface area contributed by atoms with Crippen LogP contribution in [0, 0.1) is 5.92 Å². The fraction of sp³-hybridized carbons (Fsp3) is 0.833. The van der Waals surface area contributed by atoms with E-state index in [1.165, 1.54) is 6.42 Å². The van der Waals surface area contributed by atoms with E-state index in [1.807, 2.05) is 6.92 Å². The normalized spacial score (nSPS) is 18.8. The first-order valence-electron chi connectivity index (χ1n) is 5.61. The van der Waals surface area contributed by atoms with Crippen LogP contribution >= 0.6 is 0 Å². The molecule has 0 amide bonds. The Morgan fingerprint density at radius 2 is 1.93 bits per heavy atom. The summed E-state index contributed by atoms with van der Waals surface area (Å²) in [5.41, 5.74) is 5.67. The SMILES string of the molecule is CC[C@H](C)C/C=C\C(C)(N)NC(C)C. The van der Waals surface area contributed by atoms with Crippen LogP contribution in [-0.2, 0) is 0 Å². The molecule has 0 aromatic heterocycles. The summed E-state index contributed by atoms with van der Waals surface area (Å²) in [6.45, 7) is 10.7. The topological polar surface area (TPSA) is 38.0 Å². The summed E-state index contributed by atoms with van der Waals surface area (Å²) in [7, 11) is 0. The van der Waals surface area contributed by atoms with Crippen molar-refractivity contribution in [2.24, 2.45) is 11.7 Å². The third-order valence-corrected chi connectivity index (χ3v) is 2.30. The van der Waals surface area contributed by atoms with E-state index in [0.29, 0.717) is 6.04 Å². The molecule has 2 heteroatoms. The summed E-state index contributed by atoms with van der Waals surface area (Å²) < 4.78 is 0. The number of rotatable bonds is 6. The van der Waals surface area contributed by atoms with Crippen molar-refractivity contribution in [3.63, 3.8) is 0 Å². The molecule has 0 saturated heterocycles. The molecule has 0 heterocycles. The molecule has 2 atom stereocenters. The van der Waals surface area contributed by atoms with Crippen molar-refractivity contribution < 1.29 is 0 Å². The predicted molar refractivity (Wildman–Crippen MR) is 64.1 cm³/mol. The van der Waals surface area contributed by atoms with Gasteiger partial charge in [0.05, 0.1) is 5.66 Å². The first kappa shape index (κ1) is 13.7. The van der Waals surface area contributed by atoms with Crippen LogP contribution in [0.15, 0.2) is 12.2 Å². The highest BCUT2D eigenvalue weighted by Gasteiger charge is 2.13. The van der Waals surface area contributed by atoms with Crippen molar-refractivity contribution in [1.29, 1.82) is 0 Å². The fourth-order valence-corrected chi connectivity index (χ4v) is 1.38. The van der Waals surface area contributed by atoms with Crippen LogP contribution in [0.5, 0.6) is 0 Å². The highest BCUT2D eigenvalue weighted by Crippen LogP contribution is 2.08. The van der Waals surface area contributed by atoms with Crippen LogP contribution in [0.1, 0.15) is 47.5 Å². The maximum absolute atomic E-state index is 6.05. The largest absolute Gasteiger partial charge is 0.310 e. The molecule has 0 fully saturated rings. The summed E-state index contributed by atoms with van der Waals surface area (Å²) in [5, 5.41) is 3.30. The smallest absolute Gasteiger partial charge is 0.0826 e. The summed E-state index contributed by atoms with van der Waals surface area (Å²) in [6.07, 6.45) is 6.59. The van der Waals surface area contributed by atoms with E-state index in [-0.39, 0.29) is 5.66 Å². The number of nitrogens with two attached hydrogens (primary N) is 1.